The molecule has 3 nitrogen and oxygen atoms in total. The Hall–Kier alpha value is -2.31. The molecule has 0 spiro atoms. The zero-order valence-electron chi connectivity index (χ0n) is 9.28. The first-order valence-electron chi connectivity index (χ1n) is 5.07. The molecule has 0 saturated heterocycles. The second kappa shape index (κ2) is 4.75. The molecule has 1 aromatic heterocycles. The van der Waals surface area contributed by atoms with Crippen molar-refractivity contribution >= 4 is 5.78 Å². The largest absolute Gasteiger partial charge is 0.419 e. The summed E-state index contributed by atoms with van der Waals surface area (Å²) in [6.45, 7) is 0. The molecule has 0 bridgehead atoms. The Morgan fingerprint density at radius 3 is 2.47 bits per heavy atom. The van der Waals surface area contributed by atoms with Crippen molar-refractivity contribution in [3.05, 3.63) is 59.4 Å². The van der Waals surface area contributed by atoms with E-state index in [1.165, 1.54) is 12.4 Å². The van der Waals surface area contributed by atoms with Crippen LogP contribution in [0.4, 0.5) is 17.6 Å². The fraction of sp³-hybridized carbons (Fsp3) is 0.0833. The van der Waals surface area contributed by atoms with Gasteiger partial charge in [-0.15, -0.1) is 0 Å². The van der Waals surface area contributed by atoms with E-state index in [1.807, 2.05) is 0 Å². The third-order valence-electron chi connectivity index (χ3n) is 2.33. The zero-order chi connectivity index (χ0) is 14.0. The molecule has 0 amide bonds. The van der Waals surface area contributed by atoms with Crippen LogP contribution >= 0.6 is 0 Å². The summed E-state index contributed by atoms with van der Waals surface area (Å²) in [6.07, 6.45) is -1.17. The lowest BCUT2D eigenvalue weighted by atomic mass is 10.0. The van der Waals surface area contributed by atoms with Crippen molar-refractivity contribution in [1.29, 1.82) is 0 Å². The van der Waals surface area contributed by atoms with E-state index in [9.17, 15) is 22.4 Å². The van der Waals surface area contributed by atoms with Gasteiger partial charge in [-0.25, -0.2) is 9.37 Å². The van der Waals surface area contributed by atoms with Crippen LogP contribution in [0.5, 0.6) is 0 Å². The van der Waals surface area contributed by atoms with Gasteiger partial charge in [-0.1, -0.05) is 0 Å². The molecular weight excluding hydrogens is 264 g/mol. The number of ketones is 1. The minimum Gasteiger partial charge on any atom is -0.287 e. The van der Waals surface area contributed by atoms with Gasteiger partial charge < -0.3 is 0 Å². The number of hydrogen-bond acceptors (Lipinski definition) is 3. The summed E-state index contributed by atoms with van der Waals surface area (Å²) in [5, 5.41) is 0. The van der Waals surface area contributed by atoms with Crippen LogP contribution < -0.4 is 0 Å². The van der Waals surface area contributed by atoms with E-state index in [4.69, 9.17) is 0 Å². The van der Waals surface area contributed by atoms with Crippen molar-refractivity contribution in [2.75, 3.05) is 0 Å². The fourth-order valence-electron chi connectivity index (χ4n) is 1.45. The summed E-state index contributed by atoms with van der Waals surface area (Å²) in [7, 11) is 0. The smallest absolute Gasteiger partial charge is 0.287 e. The normalized spacial score (nSPS) is 11.4. The first-order valence-corrected chi connectivity index (χ1v) is 5.07. The van der Waals surface area contributed by atoms with E-state index in [-0.39, 0.29) is 11.3 Å². The van der Waals surface area contributed by atoms with Crippen molar-refractivity contribution in [3.63, 3.8) is 0 Å². The van der Waals surface area contributed by atoms with Crippen LogP contribution in [-0.2, 0) is 6.18 Å². The molecule has 0 aliphatic carbocycles. The van der Waals surface area contributed by atoms with Crippen LogP contribution in [0.25, 0.3) is 0 Å². The minimum atomic E-state index is -4.86. The summed E-state index contributed by atoms with van der Waals surface area (Å²) >= 11 is 0. The molecule has 0 aliphatic heterocycles. The second-order valence-corrected chi connectivity index (χ2v) is 3.61. The number of benzene rings is 1. The van der Waals surface area contributed by atoms with Crippen LogP contribution in [0.3, 0.4) is 0 Å². The Morgan fingerprint density at radius 2 is 1.89 bits per heavy atom. The Balaban J connectivity index is 2.45. The topological polar surface area (TPSA) is 42.9 Å². The molecule has 2 aromatic rings. The Kier molecular flexibility index (Phi) is 3.28. The van der Waals surface area contributed by atoms with Crippen molar-refractivity contribution in [3.8, 4) is 0 Å². The lowest BCUT2D eigenvalue weighted by Gasteiger charge is -2.09. The van der Waals surface area contributed by atoms with Crippen molar-refractivity contribution in [2.24, 2.45) is 0 Å². The summed E-state index contributed by atoms with van der Waals surface area (Å²) in [5.41, 5.74) is -1.89. The lowest BCUT2D eigenvalue weighted by molar-refractivity contribution is -0.140. The third kappa shape index (κ3) is 2.75. The molecule has 2 rings (SSSR count). The van der Waals surface area contributed by atoms with E-state index >= 15 is 0 Å². The summed E-state index contributed by atoms with van der Waals surface area (Å²) in [4.78, 5) is 19.2. The van der Waals surface area contributed by atoms with E-state index < -0.39 is 23.3 Å². The number of alkyl halides is 3. The summed E-state index contributed by atoms with van der Waals surface area (Å²) < 4.78 is 50.6. The molecule has 0 radical (unpaired) electrons. The maximum atomic E-state index is 13.1. The van der Waals surface area contributed by atoms with E-state index in [1.54, 1.807) is 0 Å². The Bertz CT molecular complexity index is 611. The third-order valence-corrected chi connectivity index (χ3v) is 2.33. The maximum Gasteiger partial charge on any atom is 0.419 e. The van der Waals surface area contributed by atoms with Gasteiger partial charge in [-0.3, -0.25) is 9.78 Å². The first kappa shape index (κ1) is 13.1. The molecule has 0 fully saturated rings. The SMILES string of the molecule is O=C(c1ccc(F)c(C(F)(F)F)c1)c1cnccn1. The van der Waals surface area contributed by atoms with Gasteiger partial charge in [0, 0.05) is 18.0 Å². The summed E-state index contributed by atoms with van der Waals surface area (Å²) in [5.74, 6) is -2.18. The average Bonchev–Trinajstić information content (AvgIpc) is 2.38. The number of rotatable bonds is 2. The molecule has 0 unspecified atom stereocenters. The summed E-state index contributed by atoms with van der Waals surface area (Å²) in [6, 6.07) is 2.04. The monoisotopic (exact) mass is 270 g/mol. The highest BCUT2D eigenvalue weighted by Crippen LogP contribution is 2.32. The zero-order valence-corrected chi connectivity index (χ0v) is 9.28. The lowest BCUT2D eigenvalue weighted by Crippen LogP contribution is -2.11. The van der Waals surface area contributed by atoms with Crippen LogP contribution in [0, 0.1) is 5.82 Å². The molecule has 0 N–H and O–H groups in total. The van der Waals surface area contributed by atoms with Crippen LogP contribution in [0.2, 0.25) is 0 Å². The highest BCUT2D eigenvalue weighted by molar-refractivity contribution is 6.07. The second-order valence-electron chi connectivity index (χ2n) is 3.61. The van der Waals surface area contributed by atoms with Crippen LogP contribution in [0.1, 0.15) is 21.6 Å². The molecule has 19 heavy (non-hydrogen) atoms. The van der Waals surface area contributed by atoms with Crippen molar-refractivity contribution in [2.45, 2.75) is 6.18 Å². The highest BCUT2D eigenvalue weighted by atomic mass is 19.4. The van der Waals surface area contributed by atoms with Gasteiger partial charge in [-0.2, -0.15) is 13.2 Å². The maximum absolute atomic E-state index is 13.1. The van der Waals surface area contributed by atoms with Crippen molar-refractivity contribution in [1.82, 2.24) is 9.97 Å². The van der Waals surface area contributed by atoms with Gasteiger partial charge in [0.25, 0.3) is 0 Å². The number of hydrogen-bond donors (Lipinski definition) is 0. The quantitative estimate of drug-likeness (QED) is 0.622. The van der Waals surface area contributed by atoms with Gasteiger partial charge in [0.1, 0.15) is 11.5 Å². The molecule has 0 atom stereocenters. The van der Waals surface area contributed by atoms with Crippen LogP contribution in [-0.4, -0.2) is 15.8 Å². The predicted octanol–water partition coefficient (Wildman–Crippen LogP) is 2.87. The number of halogens is 4. The predicted molar refractivity (Wildman–Crippen MR) is 56.9 cm³/mol. The Labute approximate surface area is 104 Å². The standard InChI is InChI=1S/C12H6F4N2O/c13-9-2-1-7(5-8(9)12(14,15)16)11(19)10-6-17-3-4-18-10/h1-6H. The van der Waals surface area contributed by atoms with E-state index in [2.05, 4.69) is 9.97 Å². The molecule has 0 saturated carbocycles. The van der Waals surface area contributed by atoms with Crippen molar-refractivity contribution < 1.29 is 22.4 Å². The van der Waals surface area contributed by atoms with E-state index in [0.717, 1.165) is 12.3 Å². The van der Waals surface area contributed by atoms with Gasteiger partial charge in [0.05, 0.1) is 11.8 Å². The molecule has 0 aliphatic rings. The fourth-order valence-corrected chi connectivity index (χ4v) is 1.45. The van der Waals surface area contributed by atoms with Gasteiger partial charge in [-0.05, 0) is 18.2 Å². The van der Waals surface area contributed by atoms with Gasteiger partial charge in [0.15, 0.2) is 0 Å². The molecular formula is C12H6F4N2O. The highest BCUT2D eigenvalue weighted by Gasteiger charge is 2.34. The Morgan fingerprint density at radius 1 is 1.16 bits per heavy atom. The molecule has 7 heteroatoms. The molecule has 1 aromatic carbocycles. The average molecular weight is 270 g/mol. The molecule has 98 valence electrons. The number of carbonyl (C=O) groups is 1. The van der Waals surface area contributed by atoms with Crippen LogP contribution in [0.15, 0.2) is 36.8 Å². The number of nitrogens with zero attached hydrogens (tertiary/aromatic N) is 2. The van der Waals surface area contributed by atoms with Gasteiger partial charge in [0.2, 0.25) is 5.78 Å². The van der Waals surface area contributed by atoms with E-state index in [0.29, 0.717) is 12.1 Å². The van der Waals surface area contributed by atoms with Gasteiger partial charge >= 0.3 is 6.18 Å². The molecule has 1 heterocycles. The first-order chi connectivity index (χ1) is 8.89. The number of carbonyl (C=O) groups excluding carboxylic acids is 1. The minimum absolute atomic E-state index is 0.109. The number of aromatic nitrogens is 2.